The lowest BCUT2D eigenvalue weighted by Crippen LogP contribution is -2.62. The first-order valence-electron chi connectivity index (χ1n) is 13.1. The van der Waals surface area contributed by atoms with Gasteiger partial charge in [0.25, 0.3) is 0 Å². The van der Waals surface area contributed by atoms with Gasteiger partial charge in [0.1, 0.15) is 6.61 Å². The summed E-state index contributed by atoms with van der Waals surface area (Å²) in [6, 6.07) is 9.76. The van der Waals surface area contributed by atoms with Crippen LogP contribution in [0.4, 0.5) is 4.79 Å². The van der Waals surface area contributed by atoms with Crippen molar-refractivity contribution < 1.29 is 18.4 Å². The van der Waals surface area contributed by atoms with Crippen LogP contribution >= 0.6 is 0 Å². The van der Waals surface area contributed by atoms with Crippen LogP contribution < -0.4 is 0 Å². The molecule has 0 N–H and O–H groups in total. The maximum atomic E-state index is 13.6. The second kappa shape index (κ2) is 10.1. The van der Waals surface area contributed by atoms with Gasteiger partial charge in [-0.3, -0.25) is 4.90 Å². The Morgan fingerprint density at radius 1 is 0.943 bits per heavy atom. The number of fused-ring (bicyclic) bond motifs is 2. The molecule has 3 atom stereocenters. The molecule has 2 aliphatic rings. The largest absolute Gasteiger partial charge is 0.545 e. The Labute approximate surface area is 215 Å². The van der Waals surface area contributed by atoms with Gasteiger partial charge >= 0.3 is 6.09 Å². The van der Waals surface area contributed by atoms with Crippen molar-refractivity contribution in [2.45, 2.75) is 122 Å². The molecule has 2 bridgehead atoms. The molecule has 0 radical (unpaired) electrons. The summed E-state index contributed by atoms with van der Waals surface area (Å²) < 4.78 is 19.5. The summed E-state index contributed by atoms with van der Waals surface area (Å²) in [6.45, 7) is 22.9. The molecule has 35 heavy (non-hydrogen) atoms. The molecule has 0 saturated carbocycles. The highest BCUT2D eigenvalue weighted by atomic mass is 28.4. The van der Waals surface area contributed by atoms with Crippen LogP contribution in [0.25, 0.3) is 0 Å². The molecule has 1 amide bonds. The van der Waals surface area contributed by atoms with Crippen molar-refractivity contribution in [3.63, 3.8) is 0 Å². The molecule has 2 heterocycles. The molecule has 1 aromatic carbocycles. The van der Waals surface area contributed by atoms with E-state index in [1.807, 2.05) is 35.2 Å². The molecule has 1 aromatic rings. The SMILES string of the molecule is CC(C)(C)[Si](C)(C)OC1=CC[C@@H]2[C@H](O[Si](C)(C)C(C)(C)C)CC[C@H]1N2C(=O)OCc1ccccc1. The number of benzene rings is 1. The fourth-order valence-corrected chi connectivity index (χ4v) is 6.79. The molecule has 0 unspecified atom stereocenters. The number of carbonyl (C=O) groups excluding carboxylic acids is 1. The standard InChI is InChI=1S/C28H47NO4Si2/c1-27(2,3)34(7,8)32-24-18-16-23-25(33-35(9,10)28(4,5)6)19-17-22(24)29(23)26(30)31-20-21-14-12-11-13-15-21/h11-15,18,22-23,25H,16-17,19-20H2,1-10H3/t22-,23-,25-/m1/s1. The van der Waals surface area contributed by atoms with E-state index in [1.54, 1.807) is 0 Å². The average molecular weight is 518 g/mol. The van der Waals surface area contributed by atoms with Crippen molar-refractivity contribution in [1.29, 1.82) is 0 Å². The van der Waals surface area contributed by atoms with Gasteiger partial charge in [-0.15, -0.1) is 0 Å². The number of hydrogen-bond donors (Lipinski definition) is 0. The van der Waals surface area contributed by atoms with Crippen molar-refractivity contribution >= 4 is 22.7 Å². The molecular formula is C28H47NO4Si2. The van der Waals surface area contributed by atoms with Crippen LogP contribution in [0.3, 0.4) is 0 Å². The summed E-state index contributed by atoms with van der Waals surface area (Å²) in [4.78, 5) is 15.5. The van der Waals surface area contributed by atoms with Crippen LogP contribution in [0.2, 0.25) is 36.3 Å². The number of ether oxygens (including phenoxy) is 1. The zero-order valence-corrected chi connectivity index (χ0v) is 25.6. The lowest BCUT2D eigenvalue weighted by Gasteiger charge is -2.52. The topological polar surface area (TPSA) is 48.0 Å². The molecule has 1 fully saturated rings. The molecular weight excluding hydrogens is 470 g/mol. The number of piperidine rings is 1. The van der Waals surface area contributed by atoms with Gasteiger partial charge in [-0.25, -0.2) is 4.79 Å². The van der Waals surface area contributed by atoms with Crippen molar-refractivity contribution in [2.75, 3.05) is 0 Å². The number of amides is 1. The predicted octanol–water partition coefficient (Wildman–Crippen LogP) is 7.86. The van der Waals surface area contributed by atoms with E-state index in [4.69, 9.17) is 13.6 Å². The summed E-state index contributed by atoms with van der Waals surface area (Å²) in [6.07, 6.45) is 4.48. The maximum absolute atomic E-state index is 13.6. The summed E-state index contributed by atoms with van der Waals surface area (Å²) in [7, 11) is -4.02. The van der Waals surface area contributed by atoms with E-state index < -0.39 is 16.6 Å². The van der Waals surface area contributed by atoms with E-state index in [9.17, 15) is 4.79 Å². The molecule has 1 saturated heterocycles. The Bertz CT molecular complexity index is 915. The van der Waals surface area contributed by atoms with E-state index in [0.29, 0.717) is 0 Å². The molecule has 5 nitrogen and oxygen atoms in total. The summed E-state index contributed by atoms with van der Waals surface area (Å²) in [5.41, 5.74) is 0.991. The smallest absolute Gasteiger partial charge is 0.411 e. The number of hydrogen-bond acceptors (Lipinski definition) is 4. The normalized spacial score (nSPS) is 23.5. The first kappa shape index (κ1) is 28.0. The molecule has 0 spiro atoms. The third kappa shape index (κ3) is 6.23. The maximum Gasteiger partial charge on any atom is 0.411 e. The molecule has 7 heteroatoms. The Morgan fingerprint density at radius 3 is 2.11 bits per heavy atom. The molecule has 0 aliphatic carbocycles. The third-order valence-corrected chi connectivity index (χ3v) is 17.4. The first-order chi connectivity index (χ1) is 16.0. The molecule has 3 rings (SSSR count). The van der Waals surface area contributed by atoms with Crippen LogP contribution in [0.5, 0.6) is 0 Å². The van der Waals surface area contributed by atoms with E-state index in [-0.39, 0.29) is 41.0 Å². The fourth-order valence-electron chi connectivity index (χ4n) is 4.29. The van der Waals surface area contributed by atoms with Crippen molar-refractivity contribution in [3.05, 3.63) is 47.7 Å². The highest BCUT2D eigenvalue weighted by Gasteiger charge is 2.50. The summed E-state index contributed by atoms with van der Waals surface area (Å²) in [5, 5.41) is 0.204. The number of carbonyl (C=O) groups is 1. The number of rotatable bonds is 6. The van der Waals surface area contributed by atoms with Gasteiger partial charge in [-0.05, 0) is 67.2 Å². The first-order valence-corrected chi connectivity index (χ1v) is 18.9. The van der Waals surface area contributed by atoms with Crippen LogP contribution in [0, 0.1) is 0 Å². The van der Waals surface area contributed by atoms with Crippen LogP contribution in [0.15, 0.2) is 42.2 Å². The Balaban J connectivity index is 1.87. The van der Waals surface area contributed by atoms with E-state index in [0.717, 1.165) is 30.6 Å². The van der Waals surface area contributed by atoms with Gasteiger partial charge in [0.2, 0.25) is 8.32 Å². The fraction of sp³-hybridized carbons (Fsp3) is 0.679. The summed E-state index contributed by atoms with van der Waals surface area (Å²) >= 11 is 0. The van der Waals surface area contributed by atoms with E-state index >= 15 is 0 Å². The van der Waals surface area contributed by atoms with Crippen molar-refractivity contribution in [3.8, 4) is 0 Å². The Morgan fingerprint density at radius 2 is 1.54 bits per heavy atom. The lowest BCUT2D eigenvalue weighted by atomic mass is 9.86. The predicted molar refractivity (Wildman–Crippen MR) is 148 cm³/mol. The zero-order chi connectivity index (χ0) is 26.2. The lowest BCUT2D eigenvalue weighted by molar-refractivity contribution is -0.0227. The van der Waals surface area contributed by atoms with Gasteiger partial charge in [-0.2, -0.15) is 0 Å². The molecule has 2 aliphatic heterocycles. The molecule has 196 valence electrons. The minimum absolute atomic E-state index is 0.0158. The number of nitrogens with zero attached hydrogens (tertiary/aromatic N) is 1. The minimum atomic E-state index is -2.04. The third-order valence-electron chi connectivity index (χ3n) is 8.58. The van der Waals surface area contributed by atoms with Crippen LogP contribution in [0.1, 0.15) is 66.4 Å². The van der Waals surface area contributed by atoms with Gasteiger partial charge in [0.15, 0.2) is 8.32 Å². The minimum Gasteiger partial charge on any atom is -0.545 e. The quantitative estimate of drug-likeness (QED) is 0.360. The highest BCUT2D eigenvalue weighted by Crippen LogP contribution is 2.45. The van der Waals surface area contributed by atoms with Crippen molar-refractivity contribution in [1.82, 2.24) is 4.90 Å². The van der Waals surface area contributed by atoms with Crippen LogP contribution in [-0.4, -0.2) is 45.8 Å². The van der Waals surface area contributed by atoms with Gasteiger partial charge in [0.05, 0.1) is 23.9 Å². The van der Waals surface area contributed by atoms with Gasteiger partial charge < -0.3 is 13.6 Å². The Hall–Kier alpha value is -1.58. The molecule has 0 aromatic heterocycles. The van der Waals surface area contributed by atoms with Crippen LogP contribution in [-0.2, 0) is 20.2 Å². The second-order valence-electron chi connectivity index (χ2n) is 13.2. The van der Waals surface area contributed by atoms with Gasteiger partial charge in [0, 0.05) is 0 Å². The monoisotopic (exact) mass is 517 g/mol. The zero-order valence-electron chi connectivity index (χ0n) is 23.6. The van der Waals surface area contributed by atoms with E-state index in [2.05, 4.69) is 73.8 Å². The second-order valence-corrected chi connectivity index (χ2v) is 22.7. The van der Waals surface area contributed by atoms with Crippen molar-refractivity contribution in [2.24, 2.45) is 0 Å². The highest BCUT2D eigenvalue weighted by molar-refractivity contribution is 6.74. The summed E-state index contributed by atoms with van der Waals surface area (Å²) in [5.74, 6) is 0.954. The average Bonchev–Trinajstić information content (AvgIpc) is 2.74. The van der Waals surface area contributed by atoms with E-state index in [1.165, 1.54) is 0 Å². The Kier molecular flexibility index (Phi) is 8.05. The van der Waals surface area contributed by atoms with Gasteiger partial charge in [-0.1, -0.05) is 71.9 Å².